The summed E-state index contributed by atoms with van der Waals surface area (Å²) in [6.45, 7) is -0.513. The molecule has 1 unspecified atom stereocenters. The van der Waals surface area contributed by atoms with Gasteiger partial charge in [0.05, 0.1) is 4.47 Å². The number of imide groups is 1. The van der Waals surface area contributed by atoms with Crippen LogP contribution in [0.2, 0.25) is 0 Å². The molecule has 0 aliphatic carbocycles. The van der Waals surface area contributed by atoms with Gasteiger partial charge in [-0.05, 0) is 34.1 Å². The minimum Gasteiger partial charge on any atom is -0.481 e. The van der Waals surface area contributed by atoms with Gasteiger partial charge in [0.25, 0.3) is 5.91 Å². The molecule has 2 aromatic carbocycles. The van der Waals surface area contributed by atoms with Crippen molar-refractivity contribution in [1.29, 1.82) is 0 Å². The number of carbonyl (C=O) groups is 3. The summed E-state index contributed by atoms with van der Waals surface area (Å²) >= 11 is 3.12. The summed E-state index contributed by atoms with van der Waals surface area (Å²) in [7, 11) is 1.35. The van der Waals surface area contributed by atoms with Crippen LogP contribution in [0.5, 0.6) is 5.75 Å². The van der Waals surface area contributed by atoms with Crippen molar-refractivity contribution < 1.29 is 28.2 Å². The van der Waals surface area contributed by atoms with Gasteiger partial charge in [-0.3, -0.25) is 10.1 Å². The highest BCUT2D eigenvalue weighted by Gasteiger charge is 2.26. The van der Waals surface area contributed by atoms with Crippen LogP contribution in [0.1, 0.15) is 11.7 Å². The molecular formula is C18H16BrFN2O5. The van der Waals surface area contributed by atoms with Crippen LogP contribution in [-0.4, -0.2) is 31.6 Å². The van der Waals surface area contributed by atoms with E-state index in [1.807, 2.05) is 0 Å². The van der Waals surface area contributed by atoms with Crippen LogP contribution in [0.25, 0.3) is 0 Å². The zero-order valence-electron chi connectivity index (χ0n) is 14.2. The van der Waals surface area contributed by atoms with Crippen molar-refractivity contribution in [3.63, 3.8) is 0 Å². The van der Waals surface area contributed by atoms with Crippen molar-refractivity contribution in [3.05, 3.63) is 64.4 Å². The van der Waals surface area contributed by atoms with Gasteiger partial charge in [0.2, 0.25) is 6.10 Å². The number of carbonyl (C=O) groups excluding carboxylic acids is 3. The molecule has 2 N–H and O–H groups in total. The predicted octanol–water partition coefficient (Wildman–Crippen LogP) is 2.71. The summed E-state index contributed by atoms with van der Waals surface area (Å²) < 4.78 is 23.9. The second kappa shape index (κ2) is 9.67. The van der Waals surface area contributed by atoms with E-state index in [1.165, 1.54) is 25.2 Å². The topological polar surface area (TPSA) is 93.7 Å². The Bertz CT molecular complexity index is 832. The Morgan fingerprint density at radius 3 is 2.48 bits per heavy atom. The van der Waals surface area contributed by atoms with Gasteiger partial charge in [-0.1, -0.05) is 30.3 Å². The minimum atomic E-state index is -1.34. The quantitative estimate of drug-likeness (QED) is 0.676. The van der Waals surface area contributed by atoms with E-state index in [4.69, 9.17) is 9.47 Å². The van der Waals surface area contributed by atoms with Crippen LogP contribution >= 0.6 is 15.9 Å². The zero-order valence-corrected chi connectivity index (χ0v) is 15.8. The van der Waals surface area contributed by atoms with Gasteiger partial charge in [-0.15, -0.1) is 0 Å². The zero-order chi connectivity index (χ0) is 19.8. The van der Waals surface area contributed by atoms with Crippen molar-refractivity contribution >= 4 is 33.8 Å². The summed E-state index contributed by atoms with van der Waals surface area (Å²) in [6, 6.07) is 11.2. The molecule has 0 spiro atoms. The van der Waals surface area contributed by atoms with Crippen molar-refractivity contribution in [2.45, 2.75) is 6.10 Å². The van der Waals surface area contributed by atoms with Gasteiger partial charge in [0, 0.05) is 12.6 Å². The largest absolute Gasteiger partial charge is 0.481 e. The predicted molar refractivity (Wildman–Crippen MR) is 97.5 cm³/mol. The lowest BCUT2D eigenvalue weighted by Crippen LogP contribution is -2.41. The number of hydrogen-bond acceptors (Lipinski definition) is 5. The van der Waals surface area contributed by atoms with E-state index in [9.17, 15) is 18.8 Å². The lowest BCUT2D eigenvalue weighted by molar-refractivity contribution is -0.158. The Hall–Kier alpha value is -2.94. The van der Waals surface area contributed by atoms with Crippen molar-refractivity contribution in [2.24, 2.45) is 0 Å². The SMILES string of the molecule is CNC(=O)NC(=O)C(OC(=O)COc1ccc(F)cc1Br)c1ccccc1. The van der Waals surface area contributed by atoms with Gasteiger partial charge in [0.1, 0.15) is 11.6 Å². The molecule has 0 bridgehead atoms. The van der Waals surface area contributed by atoms with Gasteiger partial charge in [-0.25, -0.2) is 14.0 Å². The molecule has 27 heavy (non-hydrogen) atoms. The average Bonchev–Trinajstić information content (AvgIpc) is 2.65. The first kappa shape index (κ1) is 20.4. The first-order chi connectivity index (χ1) is 12.9. The Morgan fingerprint density at radius 2 is 1.85 bits per heavy atom. The van der Waals surface area contributed by atoms with E-state index in [-0.39, 0.29) is 5.75 Å². The summed E-state index contributed by atoms with van der Waals surface area (Å²) in [5, 5.41) is 4.31. The minimum absolute atomic E-state index is 0.236. The summed E-state index contributed by atoms with van der Waals surface area (Å²) in [4.78, 5) is 35.8. The molecule has 2 aromatic rings. The molecule has 0 aliphatic rings. The van der Waals surface area contributed by atoms with E-state index >= 15 is 0 Å². The lowest BCUT2D eigenvalue weighted by atomic mass is 10.1. The molecule has 2 rings (SSSR count). The third kappa shape index (κ3) is 6.07. The number of ether oxygens (including phenoxy) is 2. The summed E-state index contributed by atoms with van der Waals surface area (Å²) in [6.07, 6.45) is -1.34. The first-order valence-corrected chi connectivity index (χ1v) is 8.55. The fourth-order valence-corrected chi connectivity index (χ4v) is 2.50. The van der Waals surface area contributed by atoms with E-state index in [2.05, 4.69) is 26.6 Å². The Morgan fingerprint density at radius 1 is 1.15 bits per heavy atom. The van der Waals surface area contributed by atoms with E-state index < -0.39 is 36.4 Å². The Kier molecular flexibility index (Phi) is 7.30. The molecular weight excluding hydrogens is 423 g/mol. The molecule has 0 saturated heterocycles. The van der Waals surface area contributed by atoms with Crippen LogP contribution in [0.15, 0.2) is 53.0 Å². The first-order valence-electron chi connectivity index (χ1n) is 7.75. The number of rotatable bonds is 6. The second-order valence-electron chi connectivity index (χ2n) is 5.21. The monoisotopic (exact) mass is 438 g/mol. The van der Waals surface area contributed by atoms with Gasteiger partial charge >= 0.3 is 12.0 Å². The van der Waals surface area contributed by atoms with Crippen LogP contribution in [0.3, 0.4) is 0 Å². The van der Waals surface area contributed by atoms with Crippen molar-refractivity contribution in [2.75, 3.05) is 13.7 Å². The van der Waals surface area contributed by atoms with Crippen LogP contribution in [0, 0.1) is 5.82 Å². The molecule has 0 fully saturated rings. The van der Waals surface area contributed by atoms with Crippen LogP contribution in [0.4, 0.5) is 9.18 Å². The number of halogens is 2. The highest BCUT2D eigenvalue weighted by atomic mass is 79.9. The van der Waals surface area contributed by atoms with Gasteiger partial charge < -0.3 is 14.8 Å². The molecule has 142 valence electrons. The van der Waals surface area contributed by atoms with Crippen LogP contribution < -0.4 is 15.4 Å². The highest BCUT2D eigenvalue weighted by molar-refractivity contribution is 9.10. The van der Waals surface area contributed by atoms with Crippen molar-refractivity contribution in [1.82, 2.24) is 10.6 Å². The molecule has 0 saturated carbocycles. The normalized spacial score (nSPS) is 11.2. The van der Waals surface area contributed by atoms with Gasteiger partial charge in [0.15, 0.2) is 6.61 Å². The molecule has 0 aromatic heterocycles. The third-order valence-corrected chi connectivity index (χ3v) is 3.91. The lowest BCUT2D eigenvalue weighted by Gasteiger charge is -2.17. The molecule has 0 heterocycles. The third-order valence-electron chi connectivity index (χ3n) is 3.29. The number of hydrogen-bond donors (Lipinski definition) is 2. The Labute approximate surface area is 163 Å². The Balaban J connectivity index is 2.06. The molecule has 0 radical (unpaired) electrons. The number of amides is 3. The number of nitrogens with one attached hydrogen (secondary N) is 2. The molecule has 0 aliphatic heterocycles. The maximum Gasteiger partial charge on any atom is 0.345 e. The number of urea groups is 1. The van der Waals surface area contributed by atoms with Crippen molar-refractivity contribution in [3.8, 4) is 5.75 Å². The standard InChI is InChI=1S/C18H16BrFN2O5/c1-21-18(25)22-17(24)16(11-5-3-2-4-6-11)27-15(23)10-26-14-8-7-12(20)9-13(14)19/h2-9,16H,10H2,1H3,(H2,21,22,24,25). The van der Waals surface area contributed by atoms with E-state index in [1.54, 1.807) is 30.3 Å². The van der Waals surface area contributed by atoms with Crippen LogP contribution in [-0.2, 0) is 14.3 Å². The van der Waals surface area contributed by atoms with E-state index in [0.29, 0.717) is 10.0 Å². The maximum absolute atomic E-state index is 13.1. The second-order valence-corrected chi connectivity index (χ2v) is 6.07. The summed E-state index contributed by atoms with van der Waals surface area (Å²) in [5.41, 5.74) is 0.384. The van der Waals surface area contributed by atoms with Gasteiger partial charge in [-0.2, -0.15) is 0 Å². The highest BCUT2D eigenvalue weighted by Crippen LogP contribution is 2.25. The number of benzene rings is 2. The smallest absolute Gasteiger partial charge is 0.345 e. The maximum atomic E-state index is 13.1. The number of esters is 1. The fourth-order valence-electron chi connectivity index (χ4n) is 2.04. The molecule has 1 atom stereocenters. The molecule has 9 heteroatoms. The summed E-state index contributed by atoms with van der Waals surface area (Å²) in [5.74, 6) is -1.88. The average molecular weight is 439 g/mol. The fraction of sp³-hybridized carbons (Fsp3) is 0.167. The van der Waals surface area contributed by atoms with E-state index in [0.717, 1.165) is 0 Å². The molecule has 7 nitrogen and oxygen atoms in total. The molecule has 3 amide bonds.